The van der Waals surface area contributed by atoms with Gasteiger partial charge in [0.05, 0.1) is 5.92 Å². The molecule has 1 fully saturated rings. The van der Waals surface area contributed by atoms with Gasteiger partial charge in [-0.15, -0.1) is 0 Å². The normalized spacial score (nSPS) is 28.9. The van der Waals surface area contributed by atoms with Crippen LogP contribution in [0.5, 0.6) is 0 Å². The molecule has 0 aliphatic carbocycles. The molecule has 3 nitrogen and oxygen atoms in total. The van der Waals surface area contributed by atoms with Crippen molar-refractivity contribution in [1.29, 1.82) is 0 Å². The number of carbonyl (C=O) groups excluding carboxylic acids is 1. The van der Waals surface area contributed by atoms with E-state index >= 15 is 0 Å². The van der Waals surface area contributed by atoms with Gasteiger partial charge in [0.2, 0.25) is 0 Å². The van der Waals surface area contributed by atoms with Crippen molar-refractivity contribution in [2.24, 2.45) is 5.92 Å². The van der Waals surface area contributed by atoms with Crippen LogP contribution in [-0.4, -0.2) is 36.1 Å². The van der Waals surface area contributed by atoms with Crippen molar-refractivity contribution in [2.45, 2.75) is 52.2 Å². The Morgan fingerprint density at radius 2 is 2.00 bits per heavy atom. The fraction of sp³-hybridized carbons (Fsp3) is 0.917. The van der Waals surface area contributed by atoms with Crippen LogP contribution in [0.2, 0.25) is 0 Å². The van der Waals surface area contributed by atoms with Crippen LogP contribution >= 0.6 is 0 Å². The molecular formula is C12H23NO2. The number of carbonyl (C=O) groups is 1. The molecule has 2 unspecified atom stereocenters. The lowest BCUT2D eigenvalue weighted by Crippen LogP contribution is -2.45. The minimum atomic E-state index is -0.368. The molecule has 1 rings (SSSR count). The molecule has 0 bridgehead atoms. The molecule has 0 amide bonds. The van der Waals surface area contributed by atoms with Crippen LogP contribution in [0, 0.1) is 5.92 Å². The standard InChI is InChI=1S/C12H23NO2/c1-9-10(7-6-8-13(9)5)11(14)15-12(2,3)4/h9-10H,6-8H2,1-5H3. The fourth-order valence-electron chi connectivity index (χ4n) is 2.00. The summed E-state index contributed by atoms with van der Waals surface area (Å²) in [5.41, 5.74) is -0.368. The number of piperidine rings is 1. The van der Waals surface area contributed by atoms with Gasteiger partial charge in [0, 0.05) is 6.04 Å². The van der Waals surface area contributed by atoms with Crippen LogP contribution in [0.3, 0.4) is 0 Å². The van der Waals surface area contributed by atoms with Crippen LogP contribution in [0.15, 0.2) is 0 Å². The first-order valence-electron chi connectivity index (χ1n) is 5.74. The van der Waals surface area contributed by atoms with E-state index in [-0.39, 0.29) is 17.5 Å². The maximum absolute atomic E-state index is 11.9. The zero-order valence-corrected chi connectivity index (χ0v) is 10.5. The quantitative estimate of drug-likeness (QED) is 0.624. The van der Waals surface area contributed by atoms with Gasteiger partial charge in [-0.3, -0.25) is 4.79 Å². The molecule has 0 N–H and O–H groups in total. The lowest BCUT2D eigenvalue weighted by Gasteiger charge is -2.36. The van der Waals surface area contributed by atoms with E-state index in [2.05, 4.69) is 18.9 Å². The molecule has 0 saturated carbocycles. The van der Waals surface area contributed by atoms with Crippen LogP contribution in [0.4, 0.5) is 0 Å². The first-order chi connectivity index (χ1) is 6.81. The van der Waals surface area contributed by atoms with Gasteiger partial charge in [-0.2, -0.15) is 0 Å². The van der Waals surface area contributed by atoms with E-state index in [0.29, 0.717) is 6.04 Å². The number of esters is 1. The second-order valence-corrected chi connectivity index (χ2v) is 5.50. The van der Waals surface area contributed by atoms with Crippen LogP contribution in [0.25, 0.3) is 0 Å². The predicted molar refractivity (Wildman–Crippen MR) is 60.7 cm³/mol. The highest BCUT2D eigenvalue weighted by Gasteiger charge is 2.33. The third-order valence-corrected chi connectivity index (χ3v) is 3.01. The Hall–Kier alpha value is -0.570. The third-order valence-electron chi connectivity index (χ3n) is 3.01. The van der Waals surface area contributed by atoms with Crippen molar-refractivity contribution < 1.29 is 9.53 Å². The molecule has 1 aliphatic rings. The zero-order valence-electron chi connectivity index (χ0n) is 10.5. The van der Waals surface area contributed by atoms with Crippen molar-refractivity contribution in [1.82, 2.24) is 4.90 Å². The van der Waals surface area contributed by atoms with Gasteiger partial charge >= 0.3 is 5.97 Å². The van der Waals surface area contributed by atoms with E-state index in [1.54, 1.807) is 0 Å². The van der Waals surface area contributed by atoms with E-state index in [9.17, 15) is 4.79 Å². The first-order valence-corrected chi connectivity index (χ1v) is 5.74. The van der Waals surface area contributed by atoms with Gasteiger partial charge in [-0.05, 0) is 54.1 Å². The average Bonchev–Trinajstić information content (AvgIpc) is 2.06. The maximum Gasteiger partial charge on any atom is 0.311 e. The molecular weight excluding hydrogens is 190 g/mol. The second-order valence-electron chi connectivity index (χ2n) is 5.50. The van der Waals surface area contributed by atoms with Gasteiger partial charge in [0.1, 0.15) is 5.60 Å². The molecule has 15 heavy (non-hydrogen) atoms. The number of rotatable bonds is 1. The number of hydrogen-bond acceptors (Lipinski definition) is 3. The molecule has 1 heterocycles. The molecule has 0 aromatic rings. The van der Waals surface area contributed by atoms with Gasteiger partial charge in [-0.25, -0.2) is 0 Å². The van der Waals surface area contributed by atoms with Gasteiger partial charge in [-0.1, -0.05) is 0 Å². The monoisotopic (exact) mass is 213 g/mol. The summed E-state index contributed by atoms with van der Waals surface area (Å²) in [5.74, 6) is 0.00419. The molecule has 0 aromatic heterocycles. The molecule has 1 saturated heterocycles. The first kappa shape index (κ1) is 12.5. The van der Waals surface area contributed by atoms with Gasteiger partial charge in [0.15, 0.2) is 0 Å². The summed E-state index contributed by atoms with van der Waals surface area (Å²) in [6.07, 6.45) is 2.05. The highest BCUT2D eigenvalue weighted by atomic mass is 16.6. The predicted octanol–water partition coefficient (Wildman–Crippen LogP) is 2.06. The Kier molecular flexibility index (Phi) is 3.77. The summed E-state index contributed by atoms with van der Waals surface area (Å²) in [4.78, 5) is 14.2. The Bertz CT molecular complexity index is 232. The topological polar surface area (TPSA) is 29.5 Å². The van der Waals surface area contributed by atoms with Crippen LogP contribution in [-0.2, 0) is 9.53 Å². The number of hydrogen-bond donors (Lipinski definition) is 0. The van der Waals surface area contributed by atoms with E-state index in [1.807, 2.05) is 20.8 Å². The summed E-state index contributed by atoms with van der Waals surface area (Å²) in [7, 11) is 2.07. The SMILES string of the molecule is CC1C(C(=O)OC(C)(C)C)CCCN1C. The lowest BCUT2D eigenvalue weighted by atomic mass is 9.90. The average molecular weight is 213 g/mol. The summed E-state index contributed by atoms with van der Waals surface area (Å²) in [6, 6.07) is 0.300. The van der Waals surface area contributed by atoms with E-state index in [0.717, 1.165) is 19.4 Å². The molecule has 2 atom stereocenters. The van der Waals surface area contributed by atoms with E-state index in [4.69, 9.17) is 4.74 Å². The zero-order chi connectivity index (χ0) is 11.6. The van der Waals surface area contributed by atoms with Gasteiger partial charge < -0.3 is 9.64 Å². The molecule has 0 spiro atoms. The number of nitrogens with zero attached hydrogens (tertiary/aromatic N) is 1. The maximum atomic E-state index is 11.9. The summed E-state index contributed by atoms with van der Waals surface area (Å²) < 4.78 is 5.43. The van der Waals surface area contributed by atoms with Crippen molar-refractivity contribution in [3.05, 3.63) is 0 Å². The van der Waals surface area contributed by atoms with Crippen molar-refractivity contribution in [3.63, 3.8) is 0 Å². The molecule has 0 radical (unpaired) electrons. The second kappa shape index (κ2) is 4.52. The third kappa shape index (κ3) is 3.49. The molecule has 88 valence electrons. The number of likely N-dealkylation sites (tertiary alicyclic amines) is 1. The Morgan fingerprint density at radius 1 is 1.40 bits per heavy atom. The molecule has 3 heteroatoms. The Balaban J connectivity index is 2.59. The van der Waals surface area contributed by atoms with Crippen molar-refractivity contribution >= 4 is 5.97 Å². The van der Waals surface area contributed by atoms with E-state index in [1.165, 1.54) is 0 Å². The molecule has 0 aromatic carbocycles. The number of ether oxygens (including phenoxy) is 1. The highest BCUT2D eigenvalue weighted by Crippen LogP contribution is 2.25. The lowest BCUT2D eigenvalue weighted by molar-refractivity contribution is -0.163. The van der Waals surface area contributed by atoms with Crippen molar-refractivity contribution in [3.8, 4) is 0 Å². The van der Waals surface area contributed by atoms with Crippen LogP contribution < -0.4 is 0 Å². The summed E-state index contributed by atoms with van der Waals surface area (Å²) >= 11 is 0. The Labute approximate surface area is 92.8 Å². The minimum absolute atomic E-state index is 0.0402. The smallest absolute Gasteiger partial charge is 0.311 e. The fourth-order valence-corrected chi connectivity index (χ4v) is 2.00. The largest absolute Gasteiger partial charge is 0.460 e. The van der Waals surface area contributed by atoms with Gasteiger partial charge in [0.25, 0.3) is 0 Å². The molecule has 1 aliphatic heterocycles. The van der Waals surface area contributed by atoms with Crippen LogP contribution in [0.1, 0.15) is 40.5 Å². The Morgan fingerprint density at radius 3 is 2.53 bits per heavy atom. The highest BCUT2D eigenvalue weighted by molar-refractivity contribution is 5.73. The minimum Gasteiger partial charge on any atom is -0.460 e. The van der Waals surface area contributed by atoms with E-state index < -0.39 is 0 Å². The summed E-state index contributed by atoms with van der Waals surface area (Å²) in [6.45, 7) is 8.94. The van der Waals surface area contributed by atoms with Crippen molar-refractivity contribution in [2.75, 3.05) is 13.6 Å². The summed E-state index contributed by atoms with van der Waals surface area (Å²) in [5, 5.41) is 0.